The number of hydrogen-bond acceptors (Lipinski definition) is 5. The molecule has 1 aliphatic carbocycles. The van der Waals surface area contributed by atoms with Crippen LogP contribution in [0, 0.1) is 5.92 Å². The maximum atomic E-state index is 12.3. The van der Waals surface area contributed by atoms with Gasteiger partial charge in [0.1, 0.15) is 11.9 Å². The minimum Gasteiger partial charge on any atom is -0.496 e. The largest absolute Gasteiger partial charge is 0.496 e. The zero-order valence-electron chi connectivity index (χ0n) is 16.4. The predicted octanol–water partition coefficient (Wildman–Crippen LogP) is 1.53. The lowest BCUT2D eigenvalue weighted by atomic mass is 9.96. The lowest BCUT2D eigenvalue weighted by Gasteiger charge is -2.36. The zero-order chi connectivity index (χ0) is 19.9. The van der Waals surface area contributed by atoms with Crippen molar-refractivity contribution in [2.75, 3.05) is 13.7 Å². The molecule has 1 aromatic rings. The fourth-order valence-corrected chi connectivity index (χ4v) is 3.62. The third-order valence-electron chi connectivity index (χ3n) is 5.39. The quantitative estimate of drug-likeness (QED) is 0.594. The zero-order valence-corrected chi connectivity index (χ0v) is 16.4. The Morgan fingerprint density at radius 2 is 1.93 bits per heavy atom. The molecule has 0 aromatic heterocycles. The van der Waals surface area contributed by atoms with Crippen LogP contribution in [0.4, 0.5) is 0 Å². The summed E-state index contributed by atoms with van der Waals surface area (Å²) in [7, 11) is 1.60. The molecule has 0 unspecified atom stereocenters. The Morgan fingerprint density at radius 1 is 1.14 bits per heavy atom. The van der Waals surface area contributed by atoms with E-state index in [0.717, 1.165) is 24.2 Å². The minimum absolute atomic E-state index is 0.0301. The van der Waals surface area contributed by atoms with Crippen molar-refractivity contribution in [3.05, 3.63) is 29.8 Å². The van der Waals surface area contributed by atoms with Gasteiger partial charge in [0.15, 0.2) is 0 Å². The average Bonchev–Trinajstić information content (AvgIpc) is 3.51. The second-order valence-electron chi connectivity index (χ2n) is 7.67. The fraction of sp³-hybridized carbons (Fsp3) is 0.619. The summed E-state index contributed by atoms with van der Waals surface area (Å²) in [6, 6.07) is 7.36. The third kappa shape index (κ3) is 5.94. The number of carbonyl (C=O) groups is 2. The van der Waals surface area contributed by atoms with Gasteiger partial charge in [0.05, 0.1) is 32.3 Å². The molecule has 1 saturated heterocycles. The van der Waals surface area contributed by atoms with Crippen LogP contribution >= 0.6 is 0 Å². The molecule has 1 aromatic carbocycles. The van der Waals surface area contributed by atoms with Gasteiger partial charge in [-0.15, -0.1) is 0 Å². The van der Waals surface area contributed by atoms with Gasteiger partial charge in [-0.25, -0.2) is 0 Å². The molecule has 2 aliphatic rings. The summed E-state index contributed by atoms with van der Waals surface area (Å²) in [4.78, 5) is 24.3. The SMILES string of the molecule is COc1ccccc1CNC(=O)C[C@@H]1CC[C@H](NC(=O)CC2CC2)[C@@H](CO)O1. The summed E-state index contributed by atoms with van der Waals surface area (Å²) in [5.74, 6) is 1.19. The number of carbonyl (C=O) groups excluding carboxylic acids is 2. The van der Waals surface area contributed by atoms with Gasteiger partial charge >= 0.3 is 0 Å². The van der Waals surface area contributed by atoms with Gasteiger partial charge in [-0.3, -0.25) is 9.59 Å². The molecule has 7 nitrogen and oxygen atoms in total. The van der Waals surface area contributed by atoms with Crippen LogP contribution in [-0.2, 0) is 20.9 Å². The van der Waals surface area contributed by atoms with Gasteiger partial charge < -0.3 is 25.2 Å². The Hall–Kier alpha value is -2.12. The Kier molecular flexibility index (Phi) is 7.28. The van der Waals surface area contributed by atoms with Crippen LogP contribution in [0.2, 0.25) is 0 Å². The van der Waals surface area contributed by atoms with Gasteiger partial charge in [0.2, 0.25) is 11.8 Å². The van der Waals surface area contributed by atoms with Crippen molar-refractivity contribution < 1.29 is 24.2 Å². The smallest absolute Gasteiger partial charge is 0.222 e. The standard InChI is InChI=1S/C21H30N2O5/c1-27-18-5-3-2-4-15(18)12-22-20(25)11-16-8-9-17(19(13-24)28-16)23-21(26)10-14-6-7-14/h2-5,14,16-17,19,24H,6-13H2,1H3,(H,22,25)(H,23,26)/t16-,17-,19+/m0/s1. The molecule has 0 spiro atoms. The van der Waals surface area contributed by atoms with Gasteiger partial charge in [0, 0.05) is 18.5 Å². The topological polar surface area (TPSA) is 96.9 Å². The molecule has 1 aliphatic heterocycles. The lowest BCUT2D eigenvalue weighted by Crippen LogP contribution is -2.51. The molecule has 3 rings (SSSR count). The molecule has 1 saturated carbocycles. The molecular weight excluding hydrogens is 360 g/mol. The van der Waals surface area contributed by atoms with E-state index in [9.17, 15) is 14.7 Å². The number of aliphatic hydroxyl groups is 1. The van der Waals surface area contributed by atoms with E-state index in [2.05, 4.69) is 10.6 Å². The second-order valence-corrected chi connectivity index (χ2v) is 7.67. The predicted molar refractivity (Wildman–Crippen MR) is 104 cm³/mol. The van der Waals surface area contributed by atoms with E-state index in [1.54, 1.807) is 7.11 Å². The summed E-state index contributed by atoms with van der Waals surface area (Å²) in [5, 5.41) is 15.5. The molecule has 7 heteroatoms. The van der Waals surface area contributed by atoms with Crippen LogP contribution in [-0.4, -0.2) is 48.9 Å². The monoisotopic (exact) mass is 390 g/mol. The number of aliphatic hydroxyl groups excluding tert-OH is 1. The van der Waals surface area contributed by atoms with Gasteiger partial charge in [0.25, 0.3) is 0 Å². The van der Waals surface area contributed by atoms with Crippen molar-refractivity contribution in [1.29, 1.82) is 0 Å². The number of rotatable bonds is 9. The van der Waals surface area contributed by atoms with Crippen molar-refractivity contribution in [3.63, 3.8) is 0 Å². The minimum atomic E-state index is -0.469. The van der Waals surface area contributed by atoms with Crippen LogP contribution in [0.3, 0.4) is 0 Å². The van der Waals surface area contributed by atoms with E-state index < -0.39 is 6.10 Å². The van der Waals surface area contributed by atoms with Gasteiger partial charge in [-0.2, -0.15) is 0 Å². The highest BCUT2D eigenvalue weighted by Crippen LogP contribution is 2.32. The number of methoxy groups -OCH3 is 1. The van der Waals surface area contributed by atoms with Crippen LogP contribution in [0.25, 0.3) is 0 Å². The van der Waals surface area contributed by atoms with Crippen molar-refractivity contribution in [3.8, 4) is 5.75 Å². The highest BCUT2D eigenvalue weighted by atomic mass is 16.5. The van der Waals surface area contributed by atoms with Crippen molar-refractivity contribution in [2.24, 2.45) is 5.92 Å². The first kappa shape index (κ1) is 20.6. The summed E-state index contributed by atoms with van der Waals surface area (Å²) in [6.45, 7) is 0.215. The highest BCUT2D eigenvalue weighted by Gasteiger charge is 2.34. The highest BCUT2D eigenvalue weighted by molar-refractivity contribution is 5.77. The average molecular weight is 390 g/mol. The summed E-state index contributed by atoms with van der Waals surface area (Å²) in [5.41, 5.74) is 0.912. The fourth-order valence-electron chi connectivity index (χ4n) is 3.62. The van der Waals surface area contributed by atoms with Crippen LogP contribution in [0.1, 0.15) is 44.1 Å². The van der Waals surface area contributed by atoms with E-state index >= 15 is 0 Å². The van der Waals surface area contributed by atoms with E-state index in [0.29, 0.717) is 31.7 Å². The molecule has 154 valence electrons. The van der Waals surface area contributed by atoms with Crippen molar-refractivity contribution in [1.82, 2.24) is 10.6 Å². The van der Waals surface area contributed by atoms with E-state index in [4.69, 9.17) is 9.47 Å². The number of hydrogen-bond donors (Lipinski definition) is 3. The molecule has 2 amide bonds. The first-order chi connectivity index (χ1) is 13.6. The molecule has 3 N–H and O–H groups in total. The van der Waals surface area contributed by atoms with E-state index in [-0.39, 0.29) is 37.0 Å². The Morgan fingerprint density at radius 3 is 2.64 bits per heavy atom. The first-order valence-electron chi connectivity index (χ1n) is 10.0. The van der Waals surface area contributed by atoms with Crippen LogP contribution in [0.15, 0.2) is 24.3 Å². The van der Waals surface area contributed by atoms with E-state index in [1.807, 2.05) is 24.3 Å². The van der Waals surface area contributed by atoms with Crippen molar-refractivity contribution in [2.45, 2.75) is 63.3 Å². The third-order valence-corrected chi connectivity index (χ3v) is 5.39. The van der Waals surface area contributed by atoms with Gasteiger partial charge in [-0.05, 0) is 37.7 Å². The molecular formula is C21H30N2O5. The number of ether oxygens (including phenoxy) is 2. The molecule has 3 atom stereocenters. The normalized spacial score (nSPS) is 24.4. The maximum Gasteiger partial charge on any atom is 0.222 e. The van der Waals surface area contributed by atoms with Crippen LogP contribution in [0.5, 0.6) is 5.75 Å². The molecule has 2 fully saturated rings. The maximum absolute atomic E-state index is 12.3. The number of nitrogens with one attached hydrogen (secondary N) is 2. The van der Waals surface area contributed by atoms with Crippen molar-refractivity contribution >= 4 is 11.8 Å². The summed E-state index contributed by atoms with van der Waals surface area (Å²) in [6.07, 6.45) is 3.70. The van der Waals surface area contributed by atoms with Gasteiger partial charge in [-0.1, -0.05) is 18.2 Å². The summed E-state index contributed by atoms with van der Waals surface area (Å²) >= 11 is 0. The molecule has 1 heterocycles. The molecule has 28 heavy (non-hydrogen) atoms. The number of benzene rings is 1. The van der Waals surface area contributed by atoms with Crippen LogP contribution < -0.4 is 15.4 Å². The molecule has 0 bridgehead atoms. The Balaban J connectivity index is 1.43. The first-order valence-corrected chi connectivity index (χ1v) is 10.0. The lowest BCUT2D eigenvalue weighted by molar-refractivity contribution is -0.136. The Labute approximate surface area is 165 Å². The second kappa shape index (κ2) is 9.89. The number of amides is 2. The molecule has 0 radical (unpaired) electrons. The van der Waals surface area contributed by atoms with E-state index in [1.165, 1.54) is 0 Å². The summed E-state index contributed by atoms with van der Waals surface area (Å²) < 4.78 is 11.2. The number of para-hydroxylation sites is 1. The Bertz CT molecular complexity index is 677.